The summed E-state index contributed by atoms with van der Waals surface area (Å²) in [6.07, 6.45) is 1.99. The molecule has 1 aromatic rings. The van der Waals surface area contributed by atoms with Gasteiger partial charge in [0.1, 0.15) is 10.7 Å². The van der Waals surface area contributed by atoms with Crippen LogP contribution in [0.15, 0.2) is 29.4 Å². The maximum absolute atomic E-state index is 12.3. The number of ether oxygens (including phenoxy) is 1. The number of hydrazone groups is 1. The van der Waals surface area contributed by atoms with Gasteiger partial charge >= 0.3 is 0 Å². The van der Waals surface area contributed by atoms with Crippen molar-refractivity contribution in [3.8, 4) is 5.75 Å². The van der Waals surface area contributed by atoms with E-state index in [4.69, 9.17) is 22.7 Å². The first-order valence-corrected chi connectivity index (χ1v) is 7.10. The fraction of sp³-hybridized carbons (Fsp3) is 0.357. The topological polar surface area (TPSA) is 80.0 Å². The molecule has 0 radical (unpaired) electrons. The SMILES string of the molecule is COc1ccccc1N/N=C(/C(=O)N1CCCC1)C(N)=S. The van der Waals surface area contributed by atoms with Gasteiger partial charge in [0.15, 0.2) is 5.71 Å². The van der Waals surface area contributed by atoms with Gasteiger partial charge in [0.25, 0.3) is 5.91 Å². The highest BCUT2D eigenvalue weighted by Crippen LogP contribution is 2.23. The van der Waals surface area contributed by atoms with E-state index in [0.29, 0.717) is 11.4 Å². The molecular weight excluding hydrogens is 288 g/mol. The Kier molecular flexibility index (Phi) is 5.10. The van der Waals surface area contributed by atoms with Crippen molar-refractivity contribution in [2.24, 2.45) is 10.8 Å². The molecule has 0 spiro atoms. The molecule has 1 amide bonds. The number of benzene rings is 1. The summed E-state index contributed by atoms with van der Waals surface area (Å²) in [6.45, 7) is 1.43. The number of amides is 1. The molecular formula is C14H18N4O2S. The Morgan fingerprint density at radius 1 is 1.38 bits per heavy atom. The molecule has 0 aliphatic carbocycles. The molecule has 3 N–H and O–H groups in total. The number of hydrogen-bond acceptors (Lipinski definition) is 5. The number of carbonyl (C=O) groups excluding carboxylic acids is 1. The van der Waals surface area contributed by atoms with Gasteiger partial charge in [0, 0.05) is 13.1 Å². The van der Waals surface area contributed by atoms with Crippen LogP contribution in [-0.4, -0.2) is 41.7 Å². The Hall–Kier alpha value is -2.15. The van der Waals surface area contributed by atoms with Gasteiger partial charge in [-0.15, -0.1) is 0 Å². The number of likely N-dealkylation sites (tertiary alicyclic amines) is 1. The average Bonchev–Trinajstić information content (AvgIpc) is 3.01. The van der Waals surface area contributed by atoms with E-state index in [0.717, 1.165) is 25.9 Å². The molecule has 2 rings (SSSR count). The first-order chi connectivity index (χ1) is 10.1. The summed E-state index contributed by atoms with van der Waals surface area (Å²) < 4.78 is 5.21. The minimum Gasteiger partial charge on any atom is -0.495 e. The minimum absolute atomic E-state index is 0.0192. The minimum atomic E-state index is -0.234. The maximum atomic E-state index is 12.3. The molecule has 0 bridgehead atoms. The third-order valence-electron chi connectivity index (χ3n) is 3.22. The zero-order chi connectivity index (χ0) is 15.2. The Labute approximate surface area is 128 Å². The lowest BCUT2D eigenvalue weighted by Crippen LogP contribution is -2.40. The summed E-state index contributed by atoms with van der Waals surface area (Å²) in [6, 6.07) is 7.27. The van der Waals surface area contributed by atoms with Crippen LogP contribution < -0.4 is 15.9 Å². The third kappa shape index (κ3) is 3.69. The molecule has 6 nitrogen and oxygen atoms in total. The zero-order valence-corrected chi connectivity index (χ0v) is 12.7. The number of nitrogens with one attached hydrogen (secondary N) is 1. The molecule has 0 saturated carbocycles. The summed E-state index contributed by atoms with van der Waals surface area (Å²) in [5, 5.41) is 4.08. The van der Waals surface area contributed by atoms with Crippen LogP contribution in [-0.2, 0) is 4.79 Å². The van der Waals surface area contributed by atoms with E-state index in [9.17, 15) is 4.79 Å². The van der Waals surface area contributed by atoms with Crippen molar-refractivity contribution in [1.82, 2.24) is 4.90 Å². The van der Waals surface area contributed by atoms with Gasteiger partial charge < -0.3 is 15.4 Å². The van der Waals surface area contributed by atoms with Crippen LogP contribution in [0, 0.1) is 0 Å². The summed E-state index contributed by atoms with van der Waals surface area (Å²) >= 11 is 4.93. The van der Waals surface area contributed by atoms with E-state index in [2.05, 4.69) is 10.5 Å². The molecule has 1 saturated heterocycles. The van der Waals surface area contributed by atoms with Crippen molar-refractivity contribution in [3.63, 3.8) is 0 Å². The largest absolute Gasteiger partial charge is 0.495 e. The summed E-state index contributed by atoms with van der Waals surface area (Å²) in [5.41, 5.74) is 9.13. The molecule has 7 heteroatoms. The van der Waals surface area contributed by atoms with Crippen molar-refractivity contribution in [1.29, 1.82) is 0 Å². The zero-order valence-electron chi connectivity index (χ0n) is 11.8. The highest BCUT2D eigenvalue weighted by Gasteiger charge is 2.24. The summed E-state index contributed by atoms with van der Waals surface area (Å²) in [5.74, 6) is 0.388. The Morgan fingerprint density at radius 2 is 2.05 bits per heavy atom. The van der Waals surface area contributed by atoms with Crippen LogP contribution in [0.25, 0.3) is 0 Å². The number of carbonyl (C=O) groups is 1. The summed E-state index contributed by atoms with van der Waals surface area (Å²) in [4.78, 5) is 14.0. The van der Waals surface area contributed by atoms with E-state index < -0.39 is 0 Å². The Balaban J connectivity index is 2.17. The number of nitrogens with zero attached hydrogens (tertiary/aromatic N) is 2. The van der Waals surface area contributed by atoms with E-state index in [-0.39, 0.29) is 16.6 Å². The second-order valence-electron chi connectivity index (χ2n) is 4.64. The number of nitrogens with two attached hydrogens (primary N) is 1. The molecule has 1 aliphatic heterocycles. The third-order valence-corrected chi connectivity index (χ3v) is 3.42. The van der Waals surface area contributed by atoms with Gasteiger partial charge in [-0.3, -0.25) is 10.2 Å². The second-order valence-corrected chi connectivity index (χ2v) is 5.08. The Bertz CT molecular complexity index is 568. The van der Waals surface area contributed by atoms with Gasteiger partial charge in [-0.2, -0.15) is 5.10 Å². The quantitative estimate of drug-likeness (QED) is 0.488. The van der Waals surface area contributed by atoms with Crippen LogP contribution in [0.4, 0.5) is 5.69 Å². The van der Waals surface area contributed by atoms with Gasteiger partial charge in [0.2, 0.25) is 0 Å². The fourth-order valence-corrected chi connectivity index (χ4v) is 2.26. The lowest BCUT2D eigenvalue weighted by molar-refractivity contribution is -0.122. The van der Waals surface area contributed by atoms with Crippen LogP contribution in [0.3, 0.4) is 0 Å². The van der Waals surface area contributed by atoms with E-state index in [1.165, 1.54) is 0 Å². The molecule has 1 fully saturated rings. The van der Waals surface area contributed by atoms with E-state index >= 15 is 0 Å². The monoisotopic (exact) mass is 306 g/mol. The number of thiocarbonyl (C=S) groups is 1. The van der Waals surface area contributed by atoms with E-state index in [1.54, 1.807) is 24.1 Å². The number of anilines is 1. The van der Waals surface area contributed by atoms with Crippen molar-refractivity contribution in [2.75, 3.05) is 25.6 Å². The molecule has 112 valence electrons. The van der Waals surface area contributed by atoms with Gasteiger partial charge in [-0.1, -0.05) is 24.4 Å². The number of para-hydroxylation sites is 2. The highest BCUT2D eigenvalue weighted by atomic mass is 32.1. The van der Waals surface area contributed by atoms with Crippen LogP contribution in [0.1, 0.15) is 12.8 Å². The fourth-order valence-electron chi connectivity index (χ4n) is 2.13. The molecule has 1 aromatic carbocycles. The molecule has 21 heavy (non-hydrogen) atoms. The average molecular weight is 306 g/mol. The van der Waals surface area contributed by atoms with Crippen molar-refractivity contribution in [3.05, 3.63) is 24.3 Å². The van der Waals surface area contributed by atoms with E-state index in [1.807, 2.05) is 12.1 Å². The normalized spacial score (nSPS) is 14.9. The van der Waals surface area contributed by atoms with Gasteiger partial charge in [-0.25, -0.2) is 0 Å². The van der Waals surface area contributed by atoms with Crippen molar-refractivity contribution >= 4 is 34.5 Å². The molecule has 0 atom stereocenters. The van der Waals surface area contributed by atoms with Crippen LogP contribution in [0.5, 0.6) is 5.75 Å². The van der Waals surface area contributed by atoms with Crippen LogP contribution in [0.2, 0.25) is 0 Å². The summed E-state index contributed by atoms with van der Waals surface area (Å²) in [7, 11) is 1.56. The van der Waals surface area contributed by atoms with Crippen molar-refractivity contribution in [2.45, 2.75) is 12.8 Å². The standard InChI is InChI=1S/C14H18N4O2S/c1-20-11-7-3-2-6-10(11)16-17-12(13(15)21)14(19)18-8-4-5-9-18/h2-3,6-7,16H,4-5,8-9H2,1H3,(H2,15,21)/b17-12+. The maximum Gasteiger partial charge on any atom is 0.277 e. The second kappa shape index (κ2) is 7.03. The first-order valence-electron chi connectivity index (χ1n) is 6.69. The molecule has 0 unspecified atom stereocenters. The predicted octanol–water partition coefficient (Wildman–Crippen LogP) is 1.37. The molecule has 0 aromatic heterocycles. The molecule has 1 heterocycles. The lowest BCUT2D eigenvalue weighted by Gasteiger charge is -2.16. The van der Waals surface area contributed by atoms with Crippen LogP contribution >= 0.6 is 12.2 Å². The number of methoxy groups -OCH3 is 1. The van der Waals surface area contributed by atoms with Gasteiger partial charge in [0.05, 0.1) is 12.8 Å². The predicted molar refractivity (Wildman–Crippen MR) is 86.7 cm³/mol. The number of rotatable bonds is 5. The number of hydrogen-bond donors (Lipinski definition) is 2. The first kappa shape index (κ1) is 15.2. The molecule has 1 aliphatic rings. The van der Waals surface area contributed by atoms with Crippen molar-refractivity contribution < 1.29 is 9.53 Å². The highest BCUT2D eigenvalue weighted by molar-refractivity contribution is 7.82. The lowest BCUT2D eigenvalue weighted by atomic mass is 10.3. The smallest absolute Gasteiger partial charge is 0.277 e. The Morgan fingerprint density at radius 3 is 2.67 bits per heavy atom. The van der Waals surface area contributed by atoms with Gasteiger partial charge in [-0.05, 0) is 25.0 Å².